The number of nitrogens with one attached hydrogen (secondary N) is 1. The van der Waals surface area contributed by atoms with Crippen LogP contribution in [0, 0.1) is 6.92 Å². The van der Waals surface area contributed by atoms with Gasteiger partial charge in [-0.25, -0.2) is 0 Å². The van der Waals surface area contributed by atoms with Crippen LogP contribution in [0.1, 0.15) is 22.3 Å². The molecule has 0 aliphatic heterocycles. The Morgan fingerprint density at radius 1 is 1.00 bits per heavy atom. The number of amides is 2. The SMILES string of the molecule is Cc1ccccc1OCCCNC(=O)c1ccccc1OCC(N)=O. The normalized spacial score (nSPS) is 10.1. The summed E-state index contributed by atoms with van der Waals surface area (Å²) in [6.07, 6.45) is 0.671. The minimum atomic E-state index is -0.594. The second-order valence-electron chi connectivity index (χ2n) is 5.47. The van der Waals surface area contributed by atoms with Crippen molar-refractivity contribution in [1.29, 1.82) is 0 Å². The fraction of sp³-hybridized carbons (Fsp3) is 0.263. The van der Waals surface area contributed by atoms with Crippen LogP contribution in [0.4, 0.5) is 0 Å². The van der Waals surface area contributed by atoms with Crippen LogP contribution in [-0.4, -0.2) is 31.6 Å². The van der Waals surface area contributed by atoms with Gasteiger partial charge < -0.3 is 20.5 Å². The molecule has 0 aromatic heterocycles. The summed E-state index contributed by atoms with van der Waals surface area (Å²) < 4.78 is 10.9. The summed E-state index contributed by atoms with van der Waals surface area (Å²) in [6, 6.07) is 14.5. The molecule has 0 heterocycles. The highest BCUT2D eigenvalue weighted by Crippen LogP contribution is 2.18. The number of para-hydroxylation sites is 2. The minimum absolute atomic E-state index is 0.268. The number of hydrogen-bond donors (Lipinski definition) is 2. The molecule has 0 radical (unpaired) electrons. The Bertz CT molecular complexity index is 731. The average molecular weight is 342 g/mol. The van der Waals surface area contributed by atoms with Gasteiger partial charge in [-0.15, -0.1) is 0 Å². The quantitative estimate of drug-likeness (QED) is 0.683. The Labute approximate surface area is 146 Å². The molecule has 0 aliphatic carbocycles. The molecule has 2 rings (SSSR count). The number of hydrogen-bond acceptors (Lipinski definition) is 4. The first-order valence-electron chi connectivity index (χ1n) is 8.04. The standard InChI is InChI=1S/C19H22N2O4/c1-14-7-2-4-9-16(14)24-12-6-11-21-19(23)15-8-3-5-10-17(15)25-13-18(20)22/h2-5,7-10H,6,11-13H2,1H3,(H2,20,22)(H,21,23). The molecule has 132 valence electrons. The van der Waals surface area contributed by atoms with E-state index in [0.717, 1.165) is 11.3 Å². The number of benzene rings is 2. The first-order valence-corrected chi connectivity index (χ1v) is 8.04. The molecule has 0 fully saturated rings. The van der Waals surface area contributed by atoms with Crippen LogP contribution in [0.2, 0.25) is 0 Å². The smallest absolute Gasteiger partial charge is 0.255 e. The second kappa shape index (κ2) is 9.32. The van der Waals surface area contributed by atoms with Gasteiger partial charge >= 0.3 is 0 Å². The van der Waals surface area contributed by atoms with E-state index in [-0.39, 0.29) is 12.5 Å². The highest BCUT2D eigenvalue weighted by Gasteiger charge is 2.12. The first-order chi connectivity index (χ1) is 12.1. The molecule has 25 heavy (non-hydrogen) atoms. The van der Waals surface area contributed by atoms with Crippen molar-refractivity contribution in [2.45, 2.75) is 13.3 Å². The Morgan fingerprint density at radius 3 is 2.40 bits per heavy atom. The number of aryl methyl sites for hydroxylation is 1. The number of ether oxygens (including phenoxy) is 2. The van der Waals surface area contributed by atoms with Crippen LogP contribution < -0.4 is 20.5 Å². The maximum Gasteiger partial charge on any atom is 0.255 e. The summed E-state index contributed by atoms with van der Waals surface area (Å²) in [5.41, 5.74) is 6.50. The van der Waals surface area contributed by atoms with Crippen molar-refractivity contribution in [3.8, 4) is 11.5 Å². The third kappa shape index (κ3) is 5.84. The van der Waals surface area contributed by atoms with Crippen LogP contribution >= 0.6 is 0 Å². The third-order valence-electron chi connectivity index (χ3n) is 3.46. The lowest BCUT2D eigenvalue weighted by Crippen LogP contribution is -2.27. The zero-order valence-electron chi connectivity index (χ0n) is 14.2. The van der Waals surface area contributed by atoms with Crippen molar-refractivity contribution in [2.75, 3.05) is 19.8 Å². The molecule has 0 saturated carbocycles. The summed E-state index contributed by atoms with van der Waals surface area (Å²) in [7, 11) is 0. The predicted octanol–water partition coefficient (Wildman–Crippen LogP) is 2.06. The van der Waals surface area contributed by atoms with Gasteiger partial charge in [0.05, 0.1) is 12.2 Å². The maximum absolute atomic E-state index is 12.2. The van der Waals surface area contributed by atoms with Crippen LogP contribution in [0.15, 0.2) is 48.5 Å². The largest absolute Gasteiger partial charge is 0.493 e. The lowest BCUT2D eigenvalue weighted by molar-refractivity contribution is -0.119. The topological polar surface area (TPSA) is 90.7 Å². The van der Waals surface area contributed by atoms with E-state index in [2.05, 4.69) is 5.32 Å². The van der Waals surface area contributed by atoms with E-state index in [1.165, 1.54) is 0 Å². The van der Waals surface area contributed by atoms with E-state index in [0.29, 0.717) is 30.9 Å². The number of carbonyl (C=O) groups is 2. The molecule has 2 aromatic rings. The molecule has 6 nitrogen and oxygen atoms in total. The van der Waals surface area contributed by atoms with Gasteiger partial charge in [-0.3, -0.25) is 9.59 Å². The average Bonchev–Trinajstić information content (AvgIpc) is 2.61. The minimum Gasteiger partial charge on any atom is -0.493 e. The molecule has 0 saturated heterocycles. The monoisotopic (exact) mass is 342 g/mol. The van der Waals surface area contributed by atoms with E-state index in [1.54, 1.807) is 24.3 Å². The number of primary amides is 1. The van der Waals surface area contributed by atoms with Gasteiger partial charge in [0.1, 0.15) is 11.5 Å². The van der Waals surface area contributed by atoms with Crippen molar-refractivity contribution in [3.05, 3.63) is 59.7 Å². The second-order valence-corrected chi connectivity index (χ2v) is 5.47. The zero-order valence-corrected chi connectivity index (χ0v) is 14.2. The van der Waals surface area contributed by atoms with Gasteiger partial charge in [-0.1, -0.05) is 30.3 Å². The summed E-state index contributed by atoms with van der Waals surface area (Å²) >= 11 is 0. The molecule has 0 aliphatic rings. The molecule has 0 bridgehead atoms. The molecular weight excluding hydrogens is 320 g/mol. The zero-order chi connectivity index (χ0) is 18.1. The highest BCUT2D eigenvalue weighted by molar-refractivity contribution is 5.97. The van der Waals surface area contributed by atoms with Crippen molar-refractivity contribution in [2.24, 2.45) is 5.73 Å². The fourth-order valence-electron chi connectivity index (χ4n) is 2.20. The Morgan fingerprint density at radius 2 is 1.68 bits per heavy atom. The predicted molar refractivity (Wildman–Crippen MR) is 94.8 cm³/mol. The summed E-state index contributed by atoms with van der Waals surface area (Å²) in [5.74, 6) is 0.313. The van der Waals surface area contributed by atoms with Crippen molar-refractivity contribution in [1.82, 2.24) is 5.32 Å². The lowest BCUT2D eigenvalue weighted by Gasteiger charge is -2.11. The number of rotatable bonds is 9. The van der Waals surface area contributed by atoms with Crippen LogP contribution in [0.25, 0.3) is 0 Å². The van der Waals surface area contributed by atoms with Gasteiger partial charge in [0.2, 0.25) is 0 Å². The van der Waals surface area contributed by atoms with Gasteiger partial charge in [-0.2, -0.15) is 0 Å². The Balaban J connectivity index is 1.79. The Kier molecular flexibility index (Phi) is 6.83. The molecule has 2 aromatic carbocycles. The molecule has 0 atom stereocenters. The molecule has 0 spiro atoms. The number of carbonyl (C=O) groups excluding carboxylic acids is 2. The molecule has 6 heteroatoms. The number of nitrogens with two attached hydrogens (primary N) is 1. The van der Waals surface area contributed by atoms with Gasteiger partial charge in [0.25, 0.3) is 11.8 Å². The maximum atomic E-state index is 12.2. The molecule has 2 amide bonds. The van der Waals surface area contributed by atoms with E-state index < -0.39 is 5.91 Å². The summed E-state index contributed by atoms with van der Waals surface area (Å²) in [5, 5.41) is 2.81. The van der Waals surface area contributed by atoms with Crippen LogP contribution in [0.5, 0.6) is 11.5 Å². The van der Waals surface area contributed by atoms with Crippen molar-refractivity contribution >= 4 is 11.8 Å². The van der Waals surface area contributed by atoms with Crippen LogP contribution in [-0.2, 0) is 4.79 Å². The van der Waals surface area contributed by atoms with Gasteiger partial charge in [0, 0.05) is 6.54 Å². The van der Waals surface area contributed by atoms with Gasteiger partial charge in [0.15, 0.2) is 6.61 Å². The molecular formula is C19H22N2O4. The highest BCUT2D eigenvalue weighted by atomic mass is 16.5. The fourth-order valence-corrected chi connectivity index (χ4v) is 2.20. The molecule has 3 N–H and O–H groups in total. The third-order valence-corrected chi connectivity index (χ3v) is 3.46. The lowest BCUT2D eigenvalue weighted by atomic mass is 10.2. The summed E-state index contributed by atoms with van der Waals surface area (Å²) in [6.45, 7) is 2.69. The van der Waals surface area contributed by atoms with Crippen molar-refractivity contribution in [3.63, 3.8) is 0 Å². The van der Waals surface area contributed by atoms with Crippen molar-refractivity contribution < 1.29 is 19.1 Å². The van der Waals surface area contributed by atoms with E-state index >= 15 is 0 Å². The van der Waals surface area contributed by atoms with E-state index in [1.807, 2.05) is 31.2 Å². The van der Waals surface area contributed by atoms with E-state index in [9.17, 15) is 9.59 Å². The van der Waals surface area contributed by atoms with E-state index in [4.69, 9.17) is 15.2 Å². The van der Waals surface area contributed by atoms with Gasteiger partial charge in [-0.05, 0) is 37.1 Å². The molecule has 0 unspecified atom stereocenters. The Hall–Kier alpha value is -3.02. The van der Waals surface area contributed by atoms with Crippen LogP contribution in [0.3, 0.4) is 0 Å². The first kappa shape index (κ1) is 18.3. The summed E-state index contributed by atoms with van der Waals surface area (Å²) in [4.78, 5) is 23.1.